The zero-order valence-corrected chi connectivity index (χ0v) is 14.1. The molecule has 0 unspecified atom stereocenters. The van der Waals surface area contributed by atoms with Crippen LogP contribution in [0.1, 0.15) is 22.6 Å². The van der Waals surface area contributed by atoms with E-state index in [4.69, 9.17) is 9.47 Å². The minimum Gasteiger partial charge on any atom is -0.490 e. The van der Waals surface area contributed by atoms with Gasteiger partial charge in [0.2, 0.25) is 0 Å². The van der Waals surface area contributed by atoms with Crippen LogP contribution < -0.4 is 14.8 Å². The Bertz CT molecular complexity index is 888. The van der Waals surface area contributed by atoms with Crippen LogP contribution in [0.4, 0.5) is 5.13 Å². The van der Waals surface area contributed by atoms with Crippen molar-refractivity contribution in [2.45, 2.75) is 13.3 Å². The lowest BCUT2D eigenvalue weighted by Crippen LogP contribution is -2.15. The van der Waals surface area contributed by atoms with Gasteiger partial charge in [0, 0.05) is 25.6 Å². The number of thiazole rings is 1. The first-order valence-electron chi connectivity index (χ1n) is 7.62. The molecule has 1 N–H and O–H groups in total. The van der Waals surface area contributed by atoms with Crippen molar-refractivity contribution in [2.75, 3.05) is 18.5 Å². The van der Waals surface area contributed by atoms with Crippen molar-refractivity contribution in [3.63, 3.8) is 0 Å². The van der Waals surface area contributed by atoms with E-state index < -0.39 is 0 Å². The number of benzene rings is 1. The van der Waals surface area contributed by atoms with Crippen LogP contribution in [0.2, 0.25) is 0 Å². The summed E-state index contributed by atoms with van der Waals surface area (Å²) in [5.41, 5.74) is 2.07. The van der Waals surface area contributed by atoms with Gasteiger partial charge in [0.15, 0.2) is 16.6 Å². The van der Waals surface area contributed by atoms with Crippen molar-refractivity contribution in [1.82, 2.24) is 14.8 Å². The van der Waals surface area contributed by atoms with Crippen LogP contribution >= 0.6 is 11.3 Å². The van der Waals surface area contributed by atoms with E-state index >= 15 is 0 Å². The van der Waals surface area contributed by atoms with Gasteiger partial charge in [-0.2, -0.15) is 5.10 Å². The number of hydrogen-bond acceptors (Lipinski definition) is 6. The van der Waals surface area contributed by atoms with Crippen LogP contribution in [0.5, 0.6) is 11.5 Å². The Hall–Kier alpha value is -2.61. The van der Waals surface area contributed by atoms with Crippen molar-refractivity contribution in [3.05, 3.63) is 29.6 Å². The summed E-state index contributed by atoms with van der Waals surface area (Å²) in [5, 5.41) is 7.55. The van der Waals surface area contributed by atoms with Crippen molar-refractivity contribution < 1.29 is 14.3 Å². The van der Waals surface area contributed by atoms with Crippen LogP contribution in [0.3, 0.4) is 0 Å². The highest BCUT2D eigenvalue weighted by molar-refractivity contribution is 7.22. The number of amides is 1. The van der Waals surface area contributed by atoms with Gasteiger partial charge in [-0.1, -0.05) is 11.3 Å². The summed E-state index contributed by atoms with van der Waals surface area (Å²) in [6.45, 7) is 3.12. The molecule has 1 amide bonds. The summed E-state index contributed by atoms with van der Waals surface area (Å²) >= 11 is 1.40. The van der Waals surface area contributed by atoms with Gasteiger partial charge in [-0.25, -0.2) is 4.98 Å². The number of rotatable bonds is 2. The van der Waals surface area contributed by atoms with Crippen LogP contribution in [0, 0.1) is 6.92 Å². The number of ether oxygens (including phenoxy) is 2. The third-order valence-corrected chi connectivity index (χ3v) is 4.65. The van der Waals surface area contributed by atoms with Crippen LogP contribution in [0.25, 0.3) is 10.2 Å². The van der Waals surface area contributed by atoms with Crippen LogP contribution in [-0.2, 0) is 7.05 Å². The van der Waals surface area contributed by atoms with Gasteiger partial charge in [0.25, 0.3) is 5.91 Å². The summed E-state index contributed by atoms with van der Waals surface area (Å²) in [5.74, 6) is 1.19. The van der Waals surface area contributed by atoms with E-state index in [2.05, 4.69) is 15.4 Å². The zero-order chi connectivity index (χ0) is 16.7. The first kappa shape index (κ1) is 14.9. The van der Waals surface area contributed by atoms with E-state index in [1.165, 1.54) is 11.3 Å². The minimum absolute atomic E-state index is 0.230. The van der Waals surface area contributed by atoms with E-state index in [0.717, 1.165) is 28.1 Å². The molecular weight excluding hydrogens is 328 g/mol. The Morgan fingerprint density at radius 1 is 1.25 bits per heavy atom. The monoisotopic (exact) mass is 344 g/mol. The predicted octanol–water partition coefficient (Wildman–Crippen LogP) is 2.75. The second kappa shape index (κ2) is 5.79. The highest BCUT2D eigenvalue weighted by Crippen LogP contribution is 2.37. The predicted molar refractivity (Wildman–Crippen MR) is 91.1 cm³/mol. The Balaban J connectivity index is 1.63. The number of carbonyl (C=O) groups is 1. The van der Waals surface area contributed by atoms with Gasteiger partial charge in [0.05, 0.1) is 29.1 Å². The first-order chi connectivity index (χ1) is 11.6. The first-order valence-corrected chi connectivity index (χ1v) is 8.44. The number of anilines is 1. The van der Waals surface area contributed by atoms with Gasteiger partial charge >= 0.3 is 0 Å². The summed E-state index contributed by atoms with van der Waals surface area (Å²) in [4.78, 5) is 16.8. The van der Waals surface area contributed by atoms with Gasteiger partial charge in [-0.3, -0.25) is 14.8 Å². The second-order valence-electron chi connectivity index (χ2n) is 5.58. The van der Waals surface area contributed by atoms with E-state index in [-0.39, 0.29) is 5.91 Å². The second-order valence-corrected chi connectivity index (χ2v) is 6.62. The molecule has 0 fully saturated rings. The molecule has 3 heterocycles. The highest BCUT2D eigenvalue weighted by atomic mass is 32.1. The van der Waals surface area contributed by atoms with Gasteiger partial charge in [0.1, 0.15) is 5.69 Å². The molecule has 1 aromatic carbocycles. The summed E-state index contributed by atoms with van der Waals surface area (Å²) in [6, 6.07) is 5.51. The molecule has 0 atom stereocenters. The maximum absolute atomic E-state index is 12.4. The van der Waals surface area contributed by atoms with E-state index in [1.807, 2.05) is 19.1 Å². The normalized spacial score (nSPS) is 13.8. The molecule has 0 saturated heterocycles. The Morgan fingerprint density at radius 2 is 2.00 bits per heavy atom. The Morgan fingerprint density at radius 3 is 2.71 bits per heavy atom. The van der Waals surface area contributed by atoms with Crippen molar-refractivity contribution in [3.8, 4) is 11.5 Å². The van der Waals surface area contributed by atoms with Crippen molar-refractivity contribution in [2.24, 2.45) is 7.05 Å². The van der Waals surface area contributed by atoms with E-state index in [9.17, 15) is 4.79 Å². The summed E-state index contributed by atoms with van der Waals surface area (Å²) in [6.07, 6.45) is 0.862. The van der Waals surface area contributed by atoms with Gasteiger partial charge < -0.3 is 9.47 Å². The molecule has 0 radical (unpaired) electrons. The highest BCUT2D eigenvalue weighted by Gasteiger charge is 2.17. The molecule has 4 rings (SSSR count). The SMILES string of the molecule is Cc1cc(C(=O)Nc2nc3cc4c(cc3s2)OCCCO4)n(C)n1. The zero-order valence-electron chi connectivity index (χ0n) is 13.3. The molecular formula is C16H16N4O3S. The topological polar surface area (TPSA) is 78.3 Å². The number of hydrogen-bond donors (Lipinski definition) is 1. The fourth-order valence-electron chi connectivity index (χ4n) is 2.62. The van der Waals surface area contributed by atoms with Crippen LogP contribution in [0.15, 0.2) is 18.2 Å². The van der Waals surface area contributed by atoms with Crippen molar-refractivity contribution >= 4 is 32.6 Å². The van der Waals surface area contributed by atoms with E-state index in [0.29, 0.717) is 29.8 Å². The molecule has 24 heavy (non-hydrogen) atoms. The van der Waals surface area contributed by atoms with E-state index in [1.54, 1.807) is 17.8 Å². The third kappa shape index (κ3) is 2.69. The molecule has 0 aliphatic carbocycles. The quantitative estimate of drug-likeness (QED) is 0.773. The van der Waals surface area contributed by atoms with Crippen molar-refractivity contribution in [1.29, 1.82) is 0 Å². The molecule has 124 valence electrons. The smallest absolute Gasteiger partial charge is 0.275 e. The summed E-state index contributed by atoms with van der Waals surface area (Å²) < 4.78 is 13.9. The Labute approximate surface area is 142 Å². The number of aryl methyl sites for hydroxylation is 2. The fourth-order valence-corrected chi connectivity index (χ4v) is 3.49. The number of nitrogens with zero attached hydrogens (tertiary/aromatic N) is 3. The largest absolute Gasteiger partial charge is 0.490 e. The average Bonchev–Trinajstić information content (AvgIpc) is 2.98. The fraction of sp³-hybridized carbons (Fsp3) is 0.312. The Kier molecular flexibility index (Phi) is 3.61. The molecule has 1 aliphatic rings. The molecule has 0 spiro atoms. The number of carbonyl (C=O) groups excluding carboxylic acids is 1. The maximum Gasteiger partial charge on any atom is 0.275 e. The number of aromatic nitrogens is 3. The molecule has 2 aromatic heterocycles. The lowest BCUT2D eigenvalue weighted by molar-refractivity contribution is 0.101. The molecule has 7 nitrogen and oxygen atoms in total. The number of nitrogens with one attached hydrogen (secondary N) is 1. The maximum atomic E-state index is 12.4. The number of fused-ring (bicyclic) bond motifs is 2. The lowest BCUT2D eigenvalue weighted by Gasteiger charge is -2.05. The lowest BCUT2D eigenvalue weighted by atomic mass is 10.3. The minimum atomic E-state index is -0.230. The standard InChI is InChI=1S/C16H16N4O3S/c1-9-6-11(20(2)19-9)15(21)18-16-17-10-7-12-13(8-14(10)24-16)23-5-3-4-22-12/h6-8H,3-5H2,1-2H3,(H,17,18,21). The molecule has 3 aromatic rings. The molecule has 8 heteroatoms. The summed E-state index contributed by atoms with van der Waals surface area (Å²) in [7, 11) is 1.74. The van der Waals surface area contributed by atoms with Crippen LogP contribution in [-0.4, -0.2) is 33.9 Å². The average molecular weight is 344 g/mol. The third-order valence-electron chi connectivity index (χ3n) is 3.71. The van der Waals surface area contributed by atoms with Gasteiger partial charge in [-0.15, -0.1) is 0 Å². The molecule has 1 aliphatic heterocycles. The molecule has 0 saturated carbocycles. The van der Waals surface area contributed by atoms with Gasteiger partial charge in [-0.05, 0) is 13.0 Å². The molecule has 0 bridgehead atoms.